The number of fused-ring (bicyclic) bond motifs is 7. The average Bonchev–Trinajstić information content (AvgIpc) is 3.89. The van der Waals surface area contributed by atoms with Gasteiger partial charge >= 0.3 is 0 Å². The van der Waals surface area contributed by atoms with E-state index in [-0.39, 0.29) is 60.5 Å². The van der Waals surface area contributed by atoms with Crippen molar-refractivity contribution in [3.63, 3.8) is 0 Å². The lowest BCUT2D eigenvalue weighted by Crippen LogP contribution is -2.63. The molecule has 0 unspecified atom stereocenters. The second-order valence-electron chi connectivity index (χ2n) is 19.7. The molecule has 3 saturated carbocycles. The van der Waals surface area contributed by atoms with Crippen LogP contribution in [0.3, 0.4) is 0 Å². The summed E-state index contributed by atoms with van der Waals surface area (Å²) in [4.78, 5) is 90.2. The number of allylic oxidation sites excluding steroid dienone is 4. The number of anilines is 1. The molecule has 4 amide bonds. The lowest BCUT2D eigenvalue weighted by atomic mass is 9.46. The fourth-order valence-corrected chi connectivity index (χ4v) is 12.1. The third-order valence-electron chi connectivity index (χ3n) is 15.4. The molecule has 0 spiro atoms. The minimum atomic E-state index is -1.45. The highest BCUT2D eigenvalue weighted by molar-refractivity contribution is 6.13. The van der Waals surface area contributed by atoms with Crippen LogP contribution in [0, 0.1) is 40.4 Å². The van der Waals surface area contributed by atoms with Gasteiger partial charge in [-0.2, -0.15) is 0 Å². The van der Waals surface area contributed by atoms with Gasteiger partial charge in [0.25, 0.3) is 11.8 Å². The summed E-state index contributed by atoms with van der Waals surface area (Å²) >= 11 is 0. The predicted octanol–water partition coefficient (Wildman–Crippen LogP) is 4.87. The number of hydrogen-bond donors (Lipinski definition) is 4. The van der Waals surface area contributed by atoms with E-state index in [1.807, 2.05) is 55.5 Å². The first-order valence-electron chi connectivity index (χ1n) is 22.8. The molecule has 65 heavy (non-hydrogen) atoms. The van der Waals surface area contributed by atoms with Gasteiger partial charge in [-0.05, 0) is 85.3 Å². The highest BCUT2D eigenvalue weighted by Gasteiger charge is 2.76. The molecule has 0 bridgehead atoms. The Balaban J connectivity index is 0.878. The smallest absolute Gasteiger partial charge is 0.253 e. The Bertz CT molecular complexity index is 2370. The third kappa shape index (κ3) is 8.27. The van der Waals surface area contributed by atoms with Crippen LogP contribution < -0.4 is 10.6 Å². The van der Waals surface area contributed by atoms with Crippen LogP contribution in [0.1, 0.15) is 96.1 Å². The Morgan fingerprint density at radius 1 is 0.954 bits per heavy atom. The number of nitrogens with one attached hydrogen (secondary N) is 2. The minimum Gasteiger partial charge on any atom is -0.393 e. The maximum Gasteiger partial charge on any atom is 0.253 e. The molecular formula is C51H59N3O11. The summed E-state index contributed by atoms with van der Waals surface area (Å²) in [5.41, 5.74) is 1.51. The molecule has 6 aliphatic rings. The highest BCUT2D eigenvalue weighted by atomic mass is 16.7. The number of rotatable bonds is 15. The van der Waals surface area contributed by atoms with Gasteiger partial charge in [0, 0.05) is 65.5 Å². The average molecular weight is 890 g/mol. The predicted molar refractivity (Wildman–Crippen MR) is 237 cm³/mol. The zero-order valence-electron chi connectivity index (χ0n) is 37.6. The van der Waals surface area contributed by atoms with E-state index in [1.165, 1.54) is 0 Å². The largest absolute Gasteiger partial charge is 0.393 e. The molecule has 344 valence electrons. The molecule has 1 saturated heterocycles. The summed E-state index contributed by atoms with van der Waals surface area (Å²) in [5.74, 6) is -3.62. The van der Waals surface area contributed by atoms with Gasteiger partial charge in [0.05, 0.1) is 18.2 Å². The second-order valence-corrected chi connectivity index (χ2v) is 19.7. The Morgan fingerprint density at radius 3 is 2.37 bits per heavy atom. The summed E-state index contributed by atoms with van der Waals surface area (Å²) in [7, 11) is 0. The molecule has 11 atom stereocenters. The number of nitrogens with zero attached hydrogens (tertiary/aromatic N) is 1. The summed E-state index contributed by atoms with van der Waals surface area (Å²) in [6, 6.07) is 14.3. The van der Waals surface area contributed by atoms with Gasteiger partial charge in [-0.25, -0.2) is 0 Å². The van der Waals surface area contributed by atoms with E-state index in [1.54, 1.807) is 39.0 Å². The van der Waals surface area contributed by atoms with E-state index >= 15 is 0 Å². The van der Waals surface area contributed by atoms with E-state index in [4.69, 9.17) is 9.47 Å². The van der Waals surface area contributed by atoms with Crippen molar-refractivity contribution in [2.24, 2.45) is 40.4 Å². The van der Waals surface area contributed by atoms with Crippen molar-refractivity contribution in [1.82, 2.24) is 10.2 Å². The van der Waals surface area contributed by atoms with Gasteiger partial charge in [-0.15, -0.1) is 0 Å². The molecule has 0 radical (unpaired) electrons. The number of hydrogen-bond acceptors (Lipinski definition) is 11. The molecule has 2 aromatic rings. The Morgan fingerprint density at radius 2 is 1.68 bits per heavy atom. The lowest BCUT2D eigenvalue weighted by molar-refractivity contribution is -0.201. The maximum absolute atomic E-state index is 14.0. The first-order chi connectivity index (χ1) is 30.9. The second kappa shape index (κ2) is 17.8. The van der Waals surface area contributed by atoms with Crippen LogP contribution in [0.4, 0.5) is 5.69 Å². The zero-order chi connectivity index (χ0) is 46.6. The van der Waals surface area contributed by atoms with E-state index < -0.39 is 77.0 Å². The van der Waals surface area contributed by atoms with Gasteiger partial charge in [-0.1, -0.05) is 82.7 Å². The number of carbonyl (C=O) groups excluding carboxylic acids is 7. The summed E-state index contributed by atoms with van der Waals surface area (Å²) in [5, 5.41) is 28.0. The Labute approximate surface area is 378 Å². The quantitative estimate of drug-likeness (QED) is 0.178. The highest BCUT2D eigenvalue weighted by Crippen LogP contribution is 2.70. The minimum absolute atomic E-state index is 0.00853. The van der Waals surface area contributed by atoms with Gasteiger partial charge in [-0.3, -0.25) is 38.5 Å². The number of ketones is 3. The van der Waals surface area contributed by atoms with E-state index in [0.29, 0.717) is 24.9 Å². The molecule has 14 nitrogen and oxygen atoms in total. The topological polar surface area (TPSA) is 206 Å². The zero-order valence-corrected chi connectivity index (χ0v) is 37.6. The van der Waals surface area contributed by atoms with E-state index in [2.05, 4.69) is 17.6 Å². The normalized spacial score (nSPS) is 32.0. The number of amides is 4. The van der Waals surface area contributed by atoms with Crippen LogP contribution in [-0.4, -0.2) is 93.1 Å². The molecule has 4 fully saturated rings. The summed E-state index contributed by atoms with van der Waals surface area (Å²) < 4.78 is 13.4. The number of benzene rings is 2. The third-order valence-corrected chi connectivity index (χ3v) is 15.4. The number of carbonyl (C=O) groups is 7. The Kier molecular flexibility index (Phi) is 12.6. The van der Waals surface area contributed by atoms with Crippen molar-refractivity contribution >= 4 is 46.7 Å². The number of imide groups is 1. The molecule has 4 N–H and O–H groups in total. The maximum atomic E-state index is 14.0. The van der Waals surface area contributed by atoms with Crippen molar-refractivity contribution in [3.05, 3.63) is 101 Å². The van der Waals surface area contributed by atoms with Gasteiger partial charge in [0.2, 0.25) is 11.8 Å². The van der Waals surface area contributed by atoms with Crippen molar-refractivity contribution < 1.29 is 53.2 Å². The van der Waals surface area contributed by atoms with Crippen LogP contribution in [0.5, 0.6) is 0 Å². The molecule has 2 aromatic carbocycles. The van der Waals surface area contributed by atoms with Crippen LogP contribution in [0.25, 0.3) is 0 Å². The van der Waals surface area contributed by atoms with Crippen molar-refractivity contribution in [1.29, 1.82) is 0 Å². The van der Waals surface area contributed by atoms with E-state index in [9.17, 15) is 43.8 Å². The summed E-state index contributed by atoms with van der Waals surface area (Å²) in [6.07, 6.45) is 7.95. The van der Waals surface area contributed by atoms with E-state index in [0.717, 1.165) is 52.2 Å². The van der Waals surface area contributed by atoms with Crippen LogP contribution >= 0.6 is 0 Å². The lowest BCUT2D eigenvalue weighted by Gasteiger charge is -2.59. The first kappa shape index (κ1) is 46.1. The van der Waals surface area contributed by atoms with Crippen molar-refractivity contribution in [3.8, 4) is 0 Å². The van der Waals surface area contributed by atoms with Gasteiger partial charge < -0.3 is 30.3 Å². The monoisotopic (exact) mass is 889 g/mol. The molecule has 2 aliphatic heterocycles. The van der Waals surface area contributed by atoms with Crippen LogP contribution in [0.15, 0.2) is 84.5 Å². The number of aliphatic hydroxyl groups excluding tert-OH is 2. The fourth-order valence-electron chi connectivity index (χ4n) is 12.1. The first-order valence-corrected chi connectivity index (χ1v) is 22.8. The van der Waals surface area contributed by atoms with Crippen molar-refractivity contribution in [2.45, 2.75) is 110 Å². The van der Waals surface area contributed by atoms with Crippen LogP contribution in [-0.2, 0) is 49.5 Å². The molecule has 0 aromatic heterocycles. The number of Topliss-reactive ketones (excluding diaryl/α,β-unsaturated/α-hetero) is 2. The standard InChI is InChI=1S/C51H59N3O11/c1-28(2)46(53-42(60)18-20-54-43(61)15-16-44(54)62)38(57)21-29(3)47(63)52-34-8-6-7-31(23-34)22-30-9-11-32(12-10-30)48-64-41-25-37-36-14-13-33-24-35(56)17-19-49(33,4)45(36)39(58)26-50(37,5)51(41,65-48)40(59)27-55/h6-12,15-17,19,23-24,28-29,36-37,39,41,45-46,48,55,58H,13-14,18,20-22,25-27H2,1-5H3,(H,52,63)(H,53,60)/t29-,36+,37+,39+,41-,45-,46+,48-,49+,50+,51-/m1/s1. The molecule has 14 heteroatoms. The number of aliphatic hydroxyl groups is 2. The molecule has 2 heterocycles. The van der Waals surface area contributed by atoms with Gasteiger partial charge in [0.1, 0.15) is 6.61 Å². The van der Waals surface area contributed by atoms with Crippen molar-refractivity contribution in [2.75, 3.05) is 18.5 Å². The SMILES string of the molecule is CC(C)[C@H](NC(=O)CCN1C(=O)C=CC1=O)C(=O)C[C@@H](C)C(=O)Nc1cccc(Cc2ccc([C@@H]3O[C@@H]4C[C@H]5[C@@H]6CCC7=CC(=O)C=C[C@]7(C)[C@H]6[C@@H](O)C[C@]5(C)[C@]4(C(=O)CO)O3)cc2)c1. The molecular weight excluding hydrogens is 831 g/mol. The molecule has 8 rings (SSSR count). The molecule has 4 aliphatic carbocycles. The van der Waals surface area contributed by atoms with Crippen LogP contribution in [0.2, 0.25) is 0 Å². The number of ether oxygens (including phenoxy) is 2. The summed E-state index contributed by atoms with van der Waals surface area (Å²) in [6.45, 7) is 8.54. The fraction of sp³-hybridized carbons (Fsp3) is 0.510. The Hall–Kier alpha value is -5.41. The van der Waals surface area contributed by atoms with Gasteiger partial charge in [0.15, 0.2) is 29.2 Å².